The van der Waals surface area contributed by atoms with Crippen LogP contribution in [-0.4, -0.2) is 23.0 Å². The number of hydrogen-bond acceptors (Lipinski definition) is 3. The number of rotatable bonds is 6. The summed E-state index contributed by atoms with van der Waals surface area (Å²) in [5.74, 6) is -1.37. The van der Waals surface area contributed by atoms with Crippen molar-refractivity contribution in [2.24, 2.45) is 11.7 Å². The van der Waals surface area contributed by atoms with Crippen LogP contribution in [0.5, 0.6) is 0 Å². The molecule has 4 N–H and O–H groups in total. The Morgan fingerprint density at radius 2 is 1.85 bits per heavy atom. The van der Waals surface area contributed by atoms with E-state index in [-0.39, 0.29) is 5.92 Å². The predicted molar refractivity (Wildman–Crippen MR) is 77.0 cm³/mol. The van der Waals surface area contributed by atoms with Crippen molar-refractivity contribution in [3.8, 4) is 0 Å². The number of nitrogens with one attached hydrogen (secondary N) is 1. The number of carbonyl (C=O) groups is 2. The fraction of sp³-hybridized carbons (Fsp3) is 0.467. The molecule has 2 atom stereocenters. The van der Waals surface area contributed by atoms with Gasteiger partial charge in [0.1, 0.15) is 11.6 Å². The second-order valence-electron chi connectivity index (χ2n) is 5.56. The highest BCUT2D eigenvalue weighted by Gasteiger charge is 2.33. The molecule has 1 unspecified atom stereocenters. The SMILES string of the molecule is CC(C)C[C@@H](NC(=O)C(C)(N)c1ccccc1)C(=O)O. The van der Waals surface area contributed by atoms with Crippen LogP contribution in [0.3, 0.4) is 0 Å². The molecule has 0 saturated carbocycles. The molecule has 0 bridgehead atoms. The summed E-state index contributed by atoms with van der Waals surface area (Å²) in [7, 11) is 0. The van der Waals surface area contributed by atoms with Gasteiger partial charge in [-0.25, -0.2) is 4.79 Å². The van der Waals surface area contributed by atoms with E-state index in [0.717, 1.165) is 0 Å². The summed E-state index contributed by atoms with van der Waals surface area (Å²) >= 11 is 0. The van der Waals surface area contributed by atoms with Gasteiger partial charge < -0.3 is 16.2 Å². The molecule has 0 aliphatic carbocycles. The van der Waals surface area contributed by atoms with Crippen molar-refractivity contribution in [2.45, 2.75) is 38.8 Å². The summed E-state index contributed by atoms with van der Waals surface area (Å²) in [6.45, 7) is 5.38. The first kappa shape index (κ1) is 16.2. The minimum absolute atomic E-state index is 0.164. The van der Waals surface area contributed by atoms with Crippen LogP contribution in [0.4, 0.5) is 0 Å². The van der Waals surface area contributed by atoms with Gasteiger partial charge in [-0.1, -0.05) is 44.2 Å². The minimum atomic E-state index is -1.26. The van der Waals surface area contributed by atoms with Crippen LogP contribution >= 0.6 is 0 Å². The molecule has 110 valence electrons. The average molecular weight is 278 g/mol. The summed E-state index contributed by atoms with van der Waals surface area (Å²) < 4.78 is 0. The first-order valence-electron chi connectivity index (χ1n) is 6.63. The highest BCUT2D eigenvalue weighted by atomic mass is 16.4. The number of carboxylic acids is 1. The van der Waals surface area contributed by atoms with Gasteiger partial charge >= 0.3 is 5.97 Å². The van der Waals surface area contributed by atoms with Gasteiger partial charge in [0, 0.05) is 0 Å². The number of benzene rings is 1. The third kappa shape index (κ3) is 4.06. The van der Waals surface area contributed by atoms with Crippen molar-refractivity contribution in [3.05, 3.63) is 35.9 Å². The van der Waals surface area contributed by atoms with Crippen LogP contribution in [0.2, 0.25) is 0 Å². The van der Waals surface area contributed by atoms with Crippen LogP contribution in [0, 0.1) is 5.92 Å². The average Bonchev–Trinajstić information content (AvgIpc) is 2.38. The molecular formula is C15H22N2O3. The zero-order chi connectivity index (χ0) is 15.3. The number of aliphatic carboxylic acids is 1. The van der Waals surface area contributed by atoms with Crippen molar-refractivity contribution >= 4 is 11.9 Å². The molecule has 1 aromatic carbocycles. The van der Waals surface area contributed by atoms with Crippen LogP contribution < -0.4 is 11.1 Å². The normalized spacial score (nSPS) is 15.4. The summed E-state index contributed by atoms with van der Waals surface area (Å²) in [5.41, 5.74) is 5.44. The van der Waals surface area contributed by atoms with E-state index < -0.39 is 23.5 Å². The molecule has 0 aliphatic heterocycles. The van der Waals surface area contributed by atoms with Gasteiger partial charge in [0.15, 0.2) is 0 Å². The van der Waals surface area contributed by atoms with Crippen LogP contribution in [-0.2, 0) is 15.1 Å². The zero-order valence-electron chi connectivity index (χ0n) is 12.1. The zero-order valence-corrected chi connectivity index (χ0v) is 12.1. The molecule has 0 aromatic heterocycles. The van der Waals surface area contributed by atoms with E-state index >= 15 is 0 Å². The maximum Gasteiger partial charge on any atom is 0.326 e. The maximum absolute atomic E-state index is 12.3. The second kappa shape index (κ2) is 6.52. The van der Waals surface area contributed by atoms with Gasteiger partial charge in [0.25, 0.3) is 0 Å². The molecule has 1 aromatic rings. The largest absolute Gasteiger partial charge is 0.480 e. The number of amides is 1. The van der Waals surface area contributed by atoms with E-state index in [1.54, 1.807) is 31.2 Å². The molecule has 1 rings (SSSR count). The van der Waals surface area contributed by atoms with E-state index in [1.807, 2.05) is 19.9 Å². The van der Waals surface area contributed by atoms with E-state index in [2.05, 4.69) is 5.32 Å². The number of carbonyl (C=O) groups excluding carboxylic acids is 1. The molecule has 0 saturated heterocycles. The standard InChI is InChI=1S/C15H22N2O3/c1-10(2)9-12(13(18)19)17-14(20)15(3,16)11-7-5-4-6-8-11/h4-8,10,12H,9,16H2,1-3H3,(H,17,20)(H,18,19)/t12-,15?/m1/s1. The molecule has 0 heterocycles. The Labute approximate surface area is 119 Å². The highest BCUT2D eigenvalue weighted by Crippen LogP contribution is 2.18. The van der Waals surface area contributed by atoms with E-state index in [4.69, 9.17) is 10.8 Å². The van der Waals surface area contributed by atoms with E-state index in [1.165, 1.54) is 0 Å². The van der Waals surface area contributed by atoms with Crippen molar-refractivity contribution in [1.82, 2.24) is 5.32 Å². The number of carboxylic acid groups (broad SMARTS) is 1. The fourth-order valence-corrected chi connectivity index (χ4v) is 1.92. The molecule has 0 fully saturated rings. The predicted octanol–water partition coefficient (Wildman–Crippen LogP) is 1.48. The first-order valence-corrected chi connectivity index (χ1v) is 6.63. The molecule has 0 aliphatic rings. The Morgan fingerprint density at radius 1 is 1.30 bits per heavy atom. The van der Waals surface area contributed by atoms with Crippen LogP contribution in [0.15, 0.2) is 30.3 Å². The maximum atomic E-state index is 12.3. The van der Waals surface area contributed by atoms with Gasteiger partial charge in [-0.3, -0.25) is 4.79 Å². The van der Waals surface area contributed by atoms with E-state index in [9.17, 15) is 9.59 Å². The molecule has 0 radical (unpaired) electrons. The summed E-state index contributed by atoms with van der Waals surface area (Å²) in [6, 6.07) is 7.98. The van der Waals surface area contributed by atoms with Crippen LogP contribution in [0.1, 0.15) is 32.8 Å². The smallest absolute Gasteiger partial charge is 0.326 e. The Bertz CT molecular complexity index is 469. The highest BCUT2D eigenvalue weighted by molar-refractivity contribution is 5.90. The van der Waals surface area contributed by atoms with Gasteiger partial charge in [-0.05, 0) is 24.8 Å². The van der Waals surface area contributed by atoms with Gasteiger partial charge in [-0.2, -0.15) is 0 Å². The van der Waals surface area contributed by atoms with Crippen molar-refractivity contribution in [3.63, 3.8) is 0 Å². The quantitative estimate of drug-likeness (QED) is 0.734. The van der Waals surface area contributed by atoms with Crippen molar-refractivity contribution < 1.29 is 14.7 Å². The Morgan fingerprint density at radius 3 is 2.30 bits per heavy atom. The van der Waals surface area contributed by atoms with Gasteiger partial charge in [0.2, 0.25) is 5.91 Å². The van der Waals surface area contributed by atoms with E-state index in [0.29, 0.717) is 12.0 Å². The molecule has 20 heavy (non-hydrogen) atoms. The Kier molecular flexibility index (Phi) is 5.27. The summed E-state index contributed by atoms with van der Waals surface area (Å²) in [4.78, 5) is 23.4. The van der Waals surface area contributed by atoms with Crippen molar-refractivity contribution in [1.29, 1.82) is 0 Å². The molecular weight excluding hydrogens is 256 g/mol. The lowest BCUT2D eigenvalue weighted by Crippen LogP contribution is -2.54. The first-order chi connectivity index (χ1) is 9.25. The van der Waals surface area contributed by atoms with Crippen molar-refractivity contribution in [2.75, 3.05) is 0 Å². The monoisotopic (exact) mass is 278 g/mol. The third-order valence-electron chi connectivity index (χ3n) is 3.16. The fourth-order valence-electron chi connectivity index (χ4n) is 1.92. The second-order valence-corrected chi connectivity index (χ2v) is 5.56. The van der Waals surface area contributed by atoms with Gasteiger partial charge in [-0.15, -0.1) is 0 Å². The number of nitrogens with two attached hydrogens (primary N) is 1. The lowest BCUT2D eigenvalue weighted by atomic mass is 9.91. The minimum Gasteiger partial charge on any atom is -0.480 e. The molecule has 5 heteroatoms. The summed E-state index contributed by atoms with van der Waals surface area (Å²) in [5, 5.41) is 11.7. The Hall–Kier alpha value is -1.88. The topological polar surface area (TPSA) is 92.4 Å². The number of hydrogen-bond donors (Lipinski definition) is 3. The lowest BCUT2D eigenvalue weighted by Gasteiger charge is -2.26. The molecule has 1 amide bonds. The third-order valence-corrected chi connectivity index (χ3v) is 3.16. The Balaban J connectivity index is 2.85. The van der Waals surface area contributed by atoms with Gasteiger partial charge in [0.05, 0.1) is 0 Å². The molecule has 5 nitrogen and oxygen atoms in total. The van der Waals surface area contributed by atoms with Crippen LogP contribution in [0.25, 0.3) is 0 Å². The summed E-state index contributed by atoms with van der Waals surface area (Å²) in [6.07, 6.45) is 0.367. The lowest BCUT2D eigenvalue weighted by molar-refractivity contribution is -0.143. The molecule has 0 spiro atoms.